The summed E-state index contributed by atoms with van der Waals surface area (Å²) >= 11 is 0. The molecule has 3 aromatic carbocycles. The number of para-hydroxylation sites is 2. The van der Waals surface area contributed by atoms with Crippen LogP contribution < -0.4 is 19.5 Å². The van der Waals surface area contributed by atoms with E-state index in [0.717, 1.165) is 5.56 Å². The average molecular weight is 388 g/mol. The number of hydrogen-bond donors (Lipinski definition) is 1. The Labute approximate surface area is 169 Å². The van der Waals surface area contributed by atoms with E-state index in [1.54, 1.807) is 36.4 Å². The molecule has 1 amide bonds. The largest absolute Gasteiger partial charge is 0.485 e. The van der Waals surface area contributed by atoms with Gasteiger partial charge in [-0.25, -0.2) is 0 Å². The fourth-order valence-corrected chi connectivity index (χ4v) is 2.51. The van der Waals surface area contributed by atoms with Gasteiger partial charge in [-0.05, 0) is 42.0 Å². The molecule has 0 aliphatic rings. The number of nitriles is 1. The lowest BCUT2D eigenvalue weighted by molar-refractivity contribution is -0.118. The van der Waals surface area contributed by atoms with Crippen molar-refractivity contribution in [2.45, 2.75) is 6.61 Å². The first-order valence-electron chi connectivity index (χ1n) is 9.03. The molecule has 0 saturated carbocycles. The molecular weight excluding hydrogens is 368 g/mol. The molecule has 0 spiro atoms. The average Bonchev–Trinajstić information content (AvgIpc) is 2.77. The number of hydrogen-bond acceptors (Lipinski definition) is 5. The van der Waals surface area contributed by atoms with E-state index in [0.29, 0.717) is 29.5 Å². The summed E-state index contributed by atoms with van der Waals surface area (Å²) in [6.45, 7) is 0.233. The standard InChI is InChI=1S/C23H20N2O4/c24-14-15-27-20-12-10-19(11-13-20)25-23(26)17-29-22-9-5-4-8-21(22)28-16-18-6-2-1-3-7-18/h1-13H,15-17H2,(H,25,26). The lowest BCUT2D eigenvalue weighted by Crippen LogP contribution is -2.20. The van der Waals surface area contributed by atoms with Gasteiger partial charge in [0.2, 0.25) is 0 Å². The monoisotopic (exact) mass is 388 g/mol. The Morgan fingerprint density at radius 2 is 1.48 bits per heavy atom. The van der Waals surface area contributed by atoms with Gasteiger partial charge in [0, 0.05) is 5.69 Å². The van der Waals surface area contributed by atoms with Gasteiger partial charge >= 0.3 is 0 Å². The fourth-order valence-electron chi connectivity index (χ4n) is 2.51. The molecule has 0 atom stereocenters. The minimum absolute atomic E-state index is 0.0225. The van der Waals surface area contributed by atoms with Crippen molar-refractivity contribution in [1.29, 1.82) is 5.26 Å². The van der Waals surface area contributed by atoms with E-state index in [9.17, 15) is 4.79 Å². The van der Waals surface area contributed by atoms with E-state index in [-0.39, 0.29) is 19.1 Å². The molecule has 0 unspecified atom stereocenters. The van der Waals surface area contributed by atoms with Crippen molar-refractivity contribution in [3.8, 4) is 23.3 Å². The summed E-state index contributed by atoms with van der Waals surface area (Å²) in [5.41, 5.74) is 1.65. The van der Waals surface area contributed by atoms with Crippen LogP contribution >= 0.6 is 0 Å². The van der Waals surface area contributed by atoms with Crippen molar-refractivity contribution in [2.24, 2.45) is 0 Å². The van der Waals surface area contributed by atoms with Crippen molar-refractivity contribution in [1.82, 2.24) is 0 Å². The van der Waals surface area contributed by atoms with E-state index < -0.39 is 0 Å². The maximum absolute atomic E-state index is 12.2. The SMILES string of the molecule is N#CCOc1ccc(NC(=O)COc2ccccc2OCc2ccccc2)cc1. The second-order valence-electron chi connectivity index (χ2n) is 6.03. The molecule has 3 rings (SSSR count). The summed E-state index contributed by atoms with van der Waals surface area (Å²) in [4.78, 5) is 12.2. The molecular formula is C23H20N2O4. The van der Waals surface area contributed by atoms with Crippen molar-refractivity contribution in [3.05, 3.63) is 84.4 Å². The minimum Gasteiger partial charge on any atom is -0.485 e. The highest BCUT2D eigenvalue weighted by Crippen LogP contribution is 2.27. The third-order valence-corrected chi connectivity index (χ3v) is 3.89. The van der Waals surface area contributed by atoms with Gasteiger partial charge in [-0.1, -0.05) is 42.5 Å². The Balaban J connectivity index is 1.51. The van der Waals surface area contributed by atoms with Crippen LogP contribution in [0.15, 0.2) is 78.9 Å². The van der Waals surface area contributed by atoms with Crippen molar-refractivity contribution < 1.29 is 19.0 Å². The third kappa shape index (κ3) is 6.29. The molecule has 0 radical (unpaired) electrons. The first-order chi connectivity index (χ1) is 14.2. The van der Waals surface area contributed by atoms with Crippen LogP contribution in [0.5, 0.6) is 17.2 Å². The Morgan fingerprint density at radius 3 is 2.17 bits per heavy atom. The first-order valence-corrected chi connectivity index (χ1v) is 9.03. The van der Waals surface area contributed by atoms with Crippen LogP contribution in [0.2, 0.25) is 0 Å². The van der Waals surface area contributed by atoms with E-state index in [4.69, 9.17) is 19.5 Å². The molecule has 6 heteroatoms. The van der Waals surface area contributed by atoms with Gasteiger partial charge in [0.1, 0.15) is 18.4 Å². The number of anilines is 1. The number of rotatable bonds is 9. The van der Waals surface area contributed by atoms with Crippen LogP contribution in [0.4, 0.5) is 5.69 Å². The van der Waals surface area contributed by atoms with Crippen LogP contribution in [0.25, 0.3) is 0 Å². The van der Waals surface area contributed by atoms with Crippen LogP contribution in [-0.4, -0.2) is 19.1 Å². The number of amides is 1. The molecule has 29 heavy (non-hydrogen) atoms. The second-order valence-corrected chi connectivity index (χ2v) is 6.03. The highest BCUT2D eigenvalue weighted by Gasteiger charge is 2.08. The number of nitrogens with one attached hydrogen (secondary N) is 1. The zero-order chi connectivity index (χ0) is 20.3. The topological polar surface area (TPSA) is 80.6 Å². The molecule has 0 aliphatic heterocycles. The Kier molecular flexibility index (Phi) is 7.08. The van der Waals surface area contributed by atoms with Crippen molar-refractivity contribution >= 4 is 11.6 Å². The minimum atomic E-state index is -0.298. The molecule has 3 aromatic rings. The van der Waals surface area contributed by atoms with Crippen LogP contribution in [0.1, 0.15) is 5.56 Å². The molecule has 0 bridgehead atoms. The fraction of sp³-hybridized carbons (Fsp3) is 0.130. The van der Waals surface area contributed by atoms with Crippen molar-refractivity contribution in [3.63, 3.8) is 0 Å². The number of carbonyl (C=O) groups excluding carboxylic acids is 1. The number of benzene rings is 3. The summed E-state index contributed by atoms with van der Waals surface area (Å²) in [6.07, 6.45) is 0. The highest BCUT2D eigenvalue weighted by molar-refractivity contribution is 5.91. The van der Waals surface area contributed by atoms with Gasteiger partial charge in [0.25, 0.3) is 5.91 Å². The second kappa shape index (κ2) is 10.4. The predicted octanol–water partition coefficient (Wildman–Crippen LogP) is 4.19. The quantitative estimate of drug-likeness (QED) is 0.595. The molecule has 0 aliphatic carbocycles. The molecule has 146 valence electrons. The van der Waals surface area contributed by atoms with E-state index >= 15 is 0 Å². The summed E-state index contributed by atoms with van der Waals surface area (Å²) < 4.78 is 16.6. The lowest BCUT2D eigenvalue weighted by Gasteiger charge is -2.13. The van der Waals surface area contributed by atoms with Gasteiger partial charge in [-0.2, -0.15) is 5.26 Å². The number of ether oxygens (including phenoxy) is 3. The highest BCUT2D eigenvalue weighted by atomic mass is 16.5. The van der Waals surface area contributed by atoms with E-state index in [2.05, 4.69) is 5.32 Å². The van der Waals surface area contributed by atoms with Gasteiger partial charge in [0.05, 0.1) is 0 Å². The maximum Gasteiger partial charge on any atom is 0.262 e. The van der Waals surface area contributed by atoms with Crippen LogP contribution in [-0.2, 0) is 11.4 Å². The Hall–Kier alpha value is -3.98. The Bertz CT molecular complexity index is 966. The van der Waals surface area contributed by atoms with Gasteiger partial charge in [-0.3, -0.25) is 4.79 Å². The van der Waals surface area contributed by atoms with E-state index in [1.807, 2.05) is 48.5 Å². The van der Waals surface area contributed by atoms with Crippen molar-refractivity contribution in [2.75, 3.05) is 18.5 Å². The van der Waals surface area contributed by atoms with E-state index in [1.165, 1.54) is 0 Å². The molecule has 0 saturated heterocycles. The summed E-state index contributed by atoms with van der Waals surface area (Å²) in [5.74, 6) is 1.33. The lowest BCUT2D eigenvalue weighted by atomic mass is 10.2. The van der Waals surface area contributed by atoms with Crippen LogP contribution in [0, 0.1) is 11.3 Å². The molecule has 0 fully saturated rings. The molecule has 0 aromatic heterocycles. The zero-order valence-electron chi connectivity index (χ0n) is 15.7. The first kappa shape index (κ1) is 19.8. The maximum atomic E-state index is 12.2. The van der Waals surface area contributed by atoms with Gasteiger partial charge in [0.15, 0.2) is 24.7 Å². The van der Waals surface area contributed by atoms with Gasteiger partial charge in [-0.15, -0.1) is 0 Å². The Morgan fingerprint density at radius 1 is 0.828 bits per heavy atom. The van der Waals surface area contributed by atoms with Crippen LogP contribution in [0.3, 0.4) is 0 Å². The number of carbonyl (C=O) groups is 1. The predicted molar refractivity (Wildman–Crippen MR) is 109 cm³/mol. The molecule has 0 heterocycles. The normalized spacial score (nSPS) is 9.90. The third-order valence-electron chi connectivity index (χ3n) is 3.89. The molecule has 6 nitrogen and oxygen atoms in total. The van der Waals surface area contributed by atoms with Gasteiger partial charge < -0.3 is 19.5 Å². The summed E-state index contributed by atoms with van der Waals surface area (Å²) in [5, 5.41) is 11.3. The zero-order valence-corrected chi connectivity index (χ0v) is 15.7. The molecule has 1 N–H and O–H groups in total. The number of nitrogens with zero attached hydrogens (tertiary/aromatic N) is 1. The summed E-state index contributed by atoms with van der Waals surface area (Å²) in [7, 11) is 0. The smallest absolute Gasteiger partial charge is 0.262 e. The summed E-state index contributed by atoms with van der Waals surface area (Å²) in [6, 6.07) is 25.7.